The molecule has 8 heteroatoms. The molecule has 0 atom stereocenters. The van der Waals surface area contributed by atoms with Gasteiger partial charge in [-0.1, -0.05) is 138 Å². The normalized spacial score (nSPS) is 11.7. The van der Waals surface area contributed by atoms with Gasteiger partial charge in [-0.3, -0.25) is 4.57 Å². The number of nitrogens with zero attached hydrogens (tertiary/aromatic N) is 2. The number of fused-ring (bicyclic) bond motifs is 6. The van der Waals surface area contributed by atoms with E-state index in [4.69, 9.17) is 4.98 Å². The first-order valence-corrected chi connectivity index (χ1v) is 20.7. The molecule has 0 aliphatic carbocycles. The Morgan fingerprint density at radius 3 is 1.90 bits per heavy atom. The maximum Gasteiger partial charge on any atom is 0.167 e. The van der Waals surface area contributed by atoms with E-state index in [1.54, 1.807) is 0 Å². The predicted molar refractivity (Wildman–Crippen MR) is 259 cm³/mol. The summed E-state index contributed by atoms with van der Waals surface area (Å²) in [4.78, 5) is 5.06. The highest BCUT2D eigenvalue weighted by Crippen LogP contribution is 2.49. The summed E-state index contributed by atoms with van der Waals surface area (Å²) in [5.41, 5.74) is 12.7. The molecule has 0 radical (unpaired) electrons. The molecule has 0 saturated heterocycles. The fraction of sp³-hybridized carbons (Fsp3) is 0. The van der Waals surface area contributed by atoms with E-state index >= 15 is 0 Å². The number of benzene rings is 9. The molecule has 9 aromatic carbocycles. The smallest absolute Gasteiger partial charge is 0.167 e. The summed E-state index contributed by atoms with van der Waals surface area (Å²) in [5, 5.41) is 29.8. The molecule has 0 unspecified atom stereocenters. The Morgan fingerprint density at radius 2 is 1.10 bits per heavy atom. The number of aromatic nitrogens is 2. The van der Waals surface area contributed by atoms with E-state index < -0.39 is 0 Å². The van der Waals surface area contributed by atoms with Crippen molar-refractivity contribution in [3.63, 3.8) is 0 Å². The first-order chi connectivity index (χ1) is 28.9. The number of aromatic hydroxyl groups is 2. The quantitative estimate of drug-likeness (QED) is 0.105. The zero-order valence-corrected chi connectivity index (χ0v) is 33.6. The Labute approximate surface area is 347 Å². The molecule has 0 spiro atoms. The third-order valence-electron chi connectivity index (χ3n) is 12.3. The summed E-state index contributed by atoms with van der Waals surface area (Å²) in [5.74, 6) is 0.312. The highest BCUT2D eigenvalue weighted by molar-refractivity contribution is 7.26. The van der Waals surface area contributed by atoms with Crippen LogP contribution in [0.5, 0.6) is 11.5 Å². The lowest BCUT2D eigenvalue weighted by atomic mass is 9.69. The van der Waals surface area contributed by atoms with E-state index in [-0.39, 0.29) is 11.5 Å². The average Bonchev–Trinajstić information content (AvgIpc) is 3.86. The van der Waals surface area contributed by atoms with Crippen LogP contribution in [-0.2, 0) is 0 Å². The Kier molecular flexibility index (Phi) is 8.07. The van der Waals surface area contributed by atoms with Crippen molar-refractivity contribution in [2.24, 2.45) is 0 Å². The summed E-state index contributed by atoms with van der Waals surface area (Å²) in [6.45, 7) is 0. The van der Waals surface area contributed by atoms with Crippen molar-refractivity contribution in [1.82, 2.24) is 9.55 Å². The van der Waals surface area contributed by atoms with Gasteiger partial charge in [-0.25, -0.2) is 4.98 Å². The summed E-state index contributed by atoms with van der Waals surface area (Å²) in [6, 6.07) is 58.7. The van der Waals surface area contributed by atoms with Gasteiger partial charge in [0.2, 0.25) is 0 Å². The molecule has 2 N–H and O–H groups in total. The SMILES string of the molecule is Bc1c(B)c(O)c(O)c(-c2nc3ccccc3n2-c2ccc(-c3c4ccccc4c(-c4cccc5sc6ccccc6c45)c4cc(-c5ccccc5)ccc34)cc2)c1B. The molecule has 11 aromatic rings. The van der Waals surface area contributed by atoms with Crippen LogP contribution in [0.1, 0.15) is 0 Å². The van der Waals surface area contributed by atoms with Gasteiger partial charge in [-0.15, -0.1) is 11.3 Å². The zero-order valence-electron chi connectivity index (χ0n) is 32.8. The van der Waals surface area contributed by atoms with E-state index in [1.807, 2.05) is 59.1 Å². The second-order valence-corrected chi connectivity index (χ2v) is 16.5. The number of thiophene rings is 1. The van der Waals surface area contributed by atoms with Crippen LogP contribution in [0.15, 0.2) is 164 Å². The first-order valence-electron chi connectivity index (χ1n) is 19.9. The highest BCUT2D eigenvalue weighted by atomic mass is 32.1. The van der Waals surface area contributed by atoms with Crippen LogP contribution in [0.2, 0.25) is 0 Å². The van der Waals surface area contributed by atoms with Crippen molar-refractivity contribution in [2.75, 3.05) is 0 Å². The molecule has 2 aromatic heterocycles. The maximum atomic E-state index is 11.4. The molecule has 0 amide bonds. The van der Waals surface area contributed by atoms with Crippen LogP contribution in [-0.4, -0.2) is 43.3 Å². The van der Waals surface area contributed by atoms with Gasteiger partial charge in [0.05, 0.1) is 16.6 Å². The summed E-state index contributed by atoms with van der Waals surface area (Å²) < 4.78 is 4.66. The summed E-state index contributed by atoms with van der Waals surface area (Å²) in [7, 11) is 5.78. The van der Waals surface area contributed by atoms with Crippen molar-refractivity contribution in [3.05, 3.63) is 164 Å². The molecule has 11 rings (SSSR count). The fourth-order valence-electron chi connectivity index (χ4n) is 9.20. The van der Waals surface area contributed by atoms with Gasteiger partial charge in [0, 0.05) is 25.9 Å². The lowest BCUT2D eigenvalue weighted by Gasteiger charge is -2.20. The number of hydrogen-bond acceptors (Lipinski definition) is 4. The molecular weight excluding hydrogens is 737 g/mol. The third kappa shape index (κ3) is 5.37. The standard InChI is InChI=1S/C51H35B3N2O2S/c52-46-45(49(57)50(58)48(54)47(46)53)51-55-38-17-7-8-18-39(38)56(51)31-24-21-29(22-25-31)42-32-13-4-5-14-33(32)43(37-27-30(23-26-34(37)42)28-11-2-1-3-12-28)36-16-10-20-41-44(36)35-15-6-9-19-40(35)59-41/h1-27,57-58H,52-54H2. The van der Waals surface area contributed by atoms with E-state index in [1.165, 1.54) is 69.5 Å². The van der Waals surface area contributed by atoms with Crippen LogP contribution in [0.25, 0.3) is 103 Å². The lowest BCUT2D eigenvalue weighted by molar-refractivity contribution is 0.408. The number of phenolic OH excluding ortho intramolecular Hbond substituents is 2. The van der Waals surface area contributed by atoms with Gasteiger partial charge in [0.15, 0.2) is 11.5 Å². The van der Waals surface area contributed by atoms with E-state index in [2.05, 4.69) is 144 Å². The molecule has 0 fully saturated rings. The highest BCUT2D eigenvalue weighted by Gasteiger charge is 2.25. The van der Waals surface area contributed by atoms with Crippen molar-refractivity contribution in [1.29, 1.82) is 0 Å². The van der Waals surface area contributed by atoms with Gasteiger partial charge in [0.1, 0.15) is 29.4 Å². The van der Waals surface area contributed by atoms with Crippen LogP contribution in [0.4, 0.5) is 0 Å². The van der Waals surface area contributed by atoms with Crippen LogP contribution in [0, 0.1) is 0 Å². The zero-order chi connectivity index (χ0) is 39.9. The van der Waals surface area contributed by atoms with E-state index in [0.717, 1.165) is 33.2 Å². The molecule has 2 heterocycles. The van der Waals surface area contributed by atoms with Crippen molar-refractivity contribution in [2.45, 2.75) is 0 Å². The second-order valence-electron chi connectivity index (χ2n) is 15.5. The first kappa shape index (κ1) is 35.2. The Balaban J connectivity index is 1.17. The number of phenols is 2. The molecule has 0 bridgehead atoms. The minimum atomic E-state index is -0.155. The number of hydrogen-bond donors (Lipinski definition) is 2. The molecule has 0 aliphatic rings. The molecule has 0 saturated carbocycles. The van der Waals surface area contributed by atoms with Gasteiger partial charge >= 0.3 is 0 Å². The van der Waals surface area contributed by atoms with Crippen molar-refractivity contribution >= 4 is 104 Å². The van der Waals surface area contributed by atoms with Gasteiger partial charge in [-0.05, 0) is 97.4 Å². The molecule has 0 aliphatic heterocycles. The third-order valence-corrected chi connectivity index (χ3v) is 13.5. The molecule has 4 nitrogen and oxygen atoms in total. The van der Waals surface area contributed by atoms with Gasteiger partial charge in [0.25, 0.3) is 0 Å². The fourth-order valence-corrected chi connectivity index (χ4v) is 10.3. The number of imidazole rings is 1. The van der Waals surface area contributed by atoms with Crippen molar-refractivity contribution < 1.29 is 10.2 Å². The number of para-hydroxylation sites is 2. The maximum absolute atomic E-state index is 11.4. The minimum absolute atomic E-state index is 0.113. The molecular formula is C51H35B3N2O2S. The van der Waals surface area contributed by atoms with Crippen LogP contribution >= 0.6 is 11.3 Å². The summed E-state index contributed by atoms with van der Waals surface area (Å²) >= 11 is 1.85. The topological polar surface area (TPSA) is 58.3 Å². The Morgan fingerprint density at radius 1 is 0.458 bits per heavy atom. The van der Waals surface area contributed by atoms with Crippen LogP contribution in [0.3, 0.4) is 0 Å². The number of rotatable bonds is 5. The van der Waals surface area contributed by atoms with E-state index in [0.29, 0.717) is 16.9 Å². The largest absolute Gasteiger partial charge is 0.505 e. The monoisotopic (exact) mass is 772 g/mol. The lowest BCUT2D eigenvalue weighted by Crippen LogP contribution is -2.40. The Bertz CT molecular complexity index is 3470. The Hall–Kier alpha value is -7.02. The minimum Gasteiger partial charge on any atom is -0.505 e. The van der Waals surface area contributed by atoms with Crippen molar-refractivity contribution in [3.8, 4) is 62.0 Å². The molecule has 276 valence electrons. The molecule has 59 heavy (non-hydrogen) atoms. The predicted octanol–water partition coefficient (Wildman–Crippen LogP) is 8.55. The van der Waals surface area contributed by atoms with E-state index in [9.17, 15) is 10.2 Å². The summed E-state index contributed by atoms with van der Waals surface area (Å²) in [6.07, 6.45) is 0. The second kappa shape index (κ2) is 13.5. The average molecular weight is 772 g/mol. The van der Waals surface area contributed by atoms with Crippen LogP contribution < -0.4 is 16.4 Å². The van der Waals surface area contributed by atoms with Gasteiger partial charge < -0.3 is 10.2 Å². The van der Waals surface area contributed by atoms with Gasteiger partial charge in [-0.2, -0.15) is 0 Å².